The van der Waals surface area contributed by atoms with Crippen LogP contribution in [0.5, 0.6) is 0 Å². The summed E-state index contributed by atoms with van der Waals surface area (Å²) in [7, 11) is 7.98. The zero-order valence-corrected chi connectivity index (χ0v) is 13.2. The number of nitrogens with zero attached hydrogens (tertiary/aromatic N) is 4. The molecule has 2 aliphatic heterocycles. The molecule has 0 aliphatic carbocycles. The van der Waals surface area contributed by atoms with Crippen LogP contribution in [0, 0.1) is 0 Å². The van der Waals surface area contributed by atoms with Gasteiger partial charge in [-0.2, -0.15) is 0 Å². The monoisotopic (exact) mass is 292 g/mol. The number of rotatable bonds is 5. The lowest BCUT2D eigenvalue weighted by Gasteiger charge is -2.24. The Kier molecular flexibility index (Phi) is 5.58. The van der Waals surface area contributed by atoms with Gasteiger partial charge < -0.3 is 0 Å². The Labute approximate surface area is 118 Å². The second kappa shape index (κ2) is 6.76. The van der Waals surface area contributed by atoms with E-state index in [0.717, 1.165) is 26.4 Å². The van der Waals surface area contributed by atoms with Gasteiger partial charge in [-0.1, -0.05) is 35.4 Å². The minimum Gasteiger partial charge on any atom is -0.264 e. The minimum absolute atomic E-state index is 0.372. The number of hydrogen-bond donors (Lipinski definition) is 2. The predicted octanol–water partition coefficient (Wildman–Crippen LogP) is 0.394. The van der Waals surface area contributed by atoms with Crippen LogP contribution in [0.25, 0.3) is 0 Å². The summed E-state index contributed by atoms with van der Waals surface area (Å²) in [5.41, 5.74) is 7.67. The van der Waals surface area contributed by atoms with E-state index in [1.54, 1.807) is 0 Å². The smallest absolute Gasteiger partial charge is 0.132 e. The molecule has 2 rings (SSSR count). The van der Waals surface area contributed by atoms with Crippen molar-refractivity contribution in [3.8, 4) is 0 Å². The molecule has 0 saturated carbocycles. The third-order valence-corrected chi connectivity index (χ3v) is 5.87. The Morgan fingerprint density at radius 1 is 0.889 bits per heavy atom. The maximum atomic E-state index is 3.46. The van der Waals surface area contributed by atoms with Crippen LogP contribution in [0.3, 0.4) is 0 Å². The second-order valence-electron chi connectivity index (χ2n) is 4.64. The van der Waals surface area contributed by atoms with E-state index in [0.29, 0.717) is 11.0 Å². The van der Waals surface area contributed by atoms with Gasteiger partial charge in [0.15, 0.2) is 0 Å². The number of hydrazine groups is 2. The number of nitrogens with one attached hydrogen (secondary N) is 2. The Morgan fingerprint density at radius 2 is 1.28 bits per heavy atom. The highest BCUT2D eigenvalue weighted by Crippen LogP contribution is 2.35. The van der Waals surface area contributed by atoms with E-state index >= 15 is 0 Å². The highest BCUT2D eigenvalue weighted by Gasteiger charge is 2.31. The largest absolute Gasteiger partial charge is 0.264 e. The maximum absolute atomic E-state index is 3.46. The first-order valence-electron chi connectivity index (χ1n) is 6.39. The highest BCUT2D eigenvalue weighted by atomic mass is 33.1. The van der Waals surface area contributed by atoms with Crippen LogP contribution in [0.15, 0.2) is 0 Å². The lowest BCUT2D eigenvalue weighted by molar-refractivity contribution is 0.265. The molecule has 8 heteroatoms. The van der Waals surface area contributed by atoms with Crippen molar-refractivity contribution >= 4 is 21.6 Å². The van der Waals surface area contributed by atoms with Gasteiger partial charge in [-0.15, -0.1) is 0 Å². The fourth-order valence-electron chi connectivity index (χ4n) is 2.12. The molecule has 2 aliphatic rings. The molecule has 2 heterocycles. The first-order chi connectivity index (χ1) is 8.63. The Bertz CT molecular complexity index is 243. The SMILES string of the molecule is CCN1CN(C)NC1SSC1NN(C)CN1CC. The van der Waals surface area contributed by atoms with Crippen LogP contribution in [0.2, 0.25) is 0 Å². The van der Waals surface area contributed by atoms with E-state index in [4.69, 9.17) is 0 Å². The van der Waals surface area contributed by atoms with Gasteiger partial charge in [0.1, 0.15) is 11.0 Å². The fraction of sp³-hybridized carbons (Fsp3) is 1.00. The van der Waals surface area contributed by atoms with E-state index in [2.05, 4.69) is 58.6 Å². The molecule has 0 bridgehead atoms. The maximum Gasteiger partial charge on any atom is 0.132 e. The summed E-state index contributed by atoms with van der Waals surface area (Å²) in [4.78, 5) is 4.85. The van der Waals surface area contributed by atoms with Crippen molar-refractivity contribution in [1.82, 2.24) is 30.7 Å². The molecular weight excluding hydrogens is 268 g/mol. The van der Waals surface area contributed by atoms with Gasteiger partial charge in [-0.05, 0) is 13.1 Å². The topological polar surface area (TPSA) is 37.0 Å². The van der Waals surface area contributed by atoms with Gasteiger partial charge in [0, 0.05) is 14.1 Å². The second-order valence-corrected chi connectivity index (χ2v) is 7.08. The summed E-state index contributed by atoms with van der Waals surface area (Å²) in [6, 6.07) is 0. The standard InChI is InChI=1S/C10H24N6S2/c1-5-15-7-13(3)11-9(15)17-18-10-12-14(4)8-16(10)6-2/h9-12H,5-8H2,1-4H3. The predicted molar refractivity (Wildman–Crippen MR) is 79.0 cm³/mol. The quantitative estimate of drug-likeness (QED) is 0.705. The van der Waals surface area contributed by atoms with Crippen molar-refractivity contribution in [2.75, 3.05) is 40.5 Å². The van der Waals surface area contributed by atoms with Gasteiger partial charge in [-0.25, -0.2) is 20.9 Å². The zero-order valence-electron chi connectivity index (χ0n) is 11.6. The lowest BCUT2D eigenvalue weighted by Crippen LogP contribution is -2.36. The van der Waals surface area contributed by atoms with Gasteiger partial charge in [0.05, 0.1) is 13.3 Å². The van der Waals surface area contributed by atoms with Crippen molar-refractivity contribution in [3.05, 3.63) is 0 Å². The summed E-state index contributed by atoms with van der Waals surface area (Å²) < 4.78 is 0. The minimum atomic E-state index is 0.372. The molecule has 0 aromatic rings. The van der Waals surface area contributed by atoms with Crippen LogP contribution in [-0.2, 0) is 0 Å². The van der Waals surface area contributed by atoms with Crippen molar-refractivity contribution in [3.63, 3.8) is 0 Å². The molecule has 2 N–H and O–H groups in total. The highest BCUT2D eigenvalue weighted by molar-refractivity contribution is 8.77. The van der Waals surface area contributed by atoms with E-state index in [1.807, 2.05) is 21.6 Å². The van der Waals surface area contributed by atoms with Crippen LogP contribution < -0.4 is 10.9 Å². The van der Waals surface area contributed by atoms with Crippen LogP contribution in [0.1, 0.15) is 13.8 Å². The summed E-state index contributed by atoms with van der Waals surface area (Å²) >= 11 is 0. The first-order valence-corrected chi connectivity index (χ1v) is 8.66. The molecule has 0 aromatic carbocycles. The third-order valence-electron chi connectivity index (χ3n) is 3.16. The molecule has 106 valence electrons. The van der Waals surface area contributed by atoms with Gasteiger partial charge in [0.2, 0.25) is 0 Å². The van der Waals surface area contributed by atoms with Crippen LogP contribution in [-0.4, -0.2) is 71.3 Å². The van der Waals surface area contributed by atoms with Crippen molar-refractivity contribution in [2.24, 2.45) is 0 Å². The van der Waals surface area contributed by atoms with Crippen LogP contribution >= 0.6 is 21.6 Å². The molecule has 0 radical (unpaired) electrons. The Morgan fingerprint density at radius 3 is 1.61 bits per heavy atom. The van der Waals surface area contributed by atoms with Crippen molar-refractivity contribution < 1.29 is 0 Å². The zero-order chi connectivity index (χ0) is 13.1. The molecule has 18 heavy (non-hydrogen) atoms. The average Bonchev–Trinajstić information content (AvgIpc) is 2.89. The molecule has 0 spiro atoms. The molecular formula is C10H24N6S2. The summed E-state index contributed by atoms with van der Waals surface area (Å²) in [5, 5.41) is 4.29. The third kappa shape index (κ3) is 3.51. The van der Waals surface area contributed by atoms with E-state index in [9.17, 15) is 0 Å². The summed E-state index contributed by atoms with van der Waals surface area (Å²) in [5.74, 6) is 0. The van der Waals surface area contributed by atoms with Crippen molar-refractivity contribution in [1.29, 1.82) is 0 Å². The van der Waals surface area contributed by atoms with Gasteiger partial charge in [-0.3, -0.25) is 9.80 Å². The lowest BCUT2D eigenvalue weighted by atomic mass is 10.6. The fourth-order valence-corrected chi connectivity index (χ4v) is 5.07. The first kappa shape index (κ1) is 14.9. The molecule has 2 unspecified atom stereocenters. The average molecular weight is 292 g/mol. The molecule has 2 saturated heterocycles. The normalized spacial score (nSPS) is 32.7. The van der Waals surface area contributed by atoms with Gasteiger partial charge in [0.25, 0.3) is 0 Å². The molecule has 0 aromatic heterocycles. The summed E-state index contributed by atoms with van der Waals surface area (Å²) in [6.07, 6.45) is 0. The van der Waals surface area contributed by atoms with E-state index in [-0.39, 0.29) is 0 Å². The van der Waals surface area contributed by atoms with E-state index < -0.39 is 0 Å². The van der Waals surface area contributed by atoms with E-state index in [1.165, 1.54) is 0 Å². The molecule has 2 atom stereocenters. The number of hydrogen-bond acceptors (Lipinski definition) is 8. The van der Waals surface area contributed by atoms with Crippen molar-refractivity contribution in [2.45, 2.75) is 24.8 Å². The van der Waals surface area contributed by atoms with Crippen LogP contribution in [0.4, 0.5) is 0 Å². The summed E-state index contributed by atoms with van der Waals surface area (Å²) in [6.45, 7) is 8.54. The van der Waals surface area contributed by atoms with Gasteiger partial charge >= 0.3 is 0 Å². The molecule has 0 amide bonds. The Hall–Kier alpha value is 0.460. The molecule has 2 fully saturated rings. The molecule has 6 nitrogen and oxygen atoms in total. The Balaban J connectivity index is 1.80.